The Morgan fingerprint density at radius 2 is 0.661 bits per heavy atom. The molecule has 0 spiro atoms. The van der Waals surface area contributed by atoms with Crippen molar-refractivity contribution >= 4 is 59.5 Å². The van der Waals surface area contributed by atoms with Crippen LogP contribution in [0.15, 0.2) is 237 Å². The van der Waals surface area contributed by atoms with Crippen molar-refractivity contribution in [3.63, 3.8) is 0 Å². The molecule has 5 heterocycles. The molecule has 0 aliphatic carbocycles. The molecular formula is C90H70F5N8O6+5. The van der Waals surface area contributed by atoms with Crippen LogP contribution < -0.4 is 23.7 Å². The smallest absolute Gasteiger partial charge is 0.292 e. The number of phenolic OH excluding ortho intramolecular Hbond substituents is 1. The topological polar surface area (TPSA) is 153 Å². The van der Waals surface area contributed by atoms with Gasteiger partial charge in [-0.2, -0.15) is 47.4 Å². The van der Waals surface area contributed by atoms with Gasteiger partial charge in [-0.25, -0.2) is 13.2 Å². The number of hydrogen-bond acceptors (Lipinski definition) is 9. The first-order valence-corrected chi connectivity index (χ1v) is 34.7. The highest BCUT2D eigenvalue weighted by molar-refractivity contribution is 5.88. The Morgan fingerprint density at radius 1 is 0.312 bits per heavy atom. The first-order valence-electron chi connectivity index (χ1n) is 34.7. The van der Waals surface area contributed by atoms with E-state index in [1.807, 2.05) is 241 Å². The van der Waals surface area contributed by atoms with Gasteiger partial charge in [-0.3, -0.25) is 0 Å². The summed E-state index contributed by atoms with van der Waals surface area (Å²) < 4.78 is 105. The van der Waals surface area contributed by atoms with Crippen LogP contribution >= 0.6 is 0 Å². The fraction of sp³-hybridized carbons (Fsp3) is 0.111. The molecule has 17 rings (SSSR count). The summed E-state index contributed by atoms with van der Waals surface area (Å²) >= 11 is 0. The molecule has 0 fully saturated rings. The number of ether oxygens (including phenoxy) is 5. The summed E-state index contributed by atoms with van der Waals surface area (Å²) in [6.45, 7) is 11.4. The van der Waals surface area contributed by atoms with Crippen LogP contribution in [0.3, 0.4) is 0 Å². The van der Waals surface area contributed by atoms with Gasteiger partial charge in [-0.15, -0.1) is 0 Å². The Labute approximate surface area is 627 Å². The van der Waals surface area contributed by atoms with Crippen LogP contribution in [0, 0.1) is 97.7 Å². The molecular weight excluding hydrogens is 1380 g/mol. The number of nitriles is 3. The summed E-state index contributed by atoms with van der Waals surface area (Å²) in [4.78, 5) is 0. The predicted molar refractivity (Wildman–Crippen MR) is 407 cm³/mol. The first-order chi connectivity index (χ1) is 53.0. The minimum absolute atomic E-state index is 0.283. The van der Waals surface area contributed by atoms with Crippen LogP contribution in [0.25, 0.3) is 22.3 Å². The number of phenols is 1. The zero-order valence-corrected chi connectivity index (χ0v) is 59.9. The van der Waals surface area contributed by atoms with Crippen LogP contribution in [0.1, 0.15) is 72.3 Å². The van der Waals surface area contributed by atoms with Gasteiger partial charge in [0.05, 0.1) is 51.1 Å². The Morgan fingerprint density at radius 3 is 1.08 bits per heavy atom. The average molecular weight is 1450 g/mol. The van der Waals surface area contributed by atoms with Crippen molar-refractivity contribution in [2.75, 3.05) is 33.7 Å². The molecule has 0 aromatic heterocycles. The molecule has 109 heavy (non-hydrogen) atoms. The summed E-state index contributed by atoms with van der Waals surface area (Å²) in [5.41, 5.74) is 18.4. The fourth-order valence-corrected chi connectivity index (χ4v) is 12.9. The summed E-state index contributed by atoms with van der Waals surface area (Å²) in [5, 5.41) is 38.1. The minimum Gasteiger partial charge on any atom is -0.507 e. The Bertz CT molecular complexity index is 5730. The van der Waals surface area contributed by atoms with Crippen molar-refractivity contribution < 1.29 is 73.6 Å². The Kier molecular flexibility index (Phi) is 22.1. The molecule has 5 aliphatic rings. The van der Waals surface area contributed by atoms with E-state index in [1.165, 1.54) is 6.21 Å². The number of aromatic hydroxyl groups is 1. The van der Waals surface area contributed by atoms with Crippen molar-refractivity contribution in [1.82, 2.24) is 0 Å². The second kappa shape index (κ2) is 32.9. The van der Waals surface area contributed by atoms with Gasteiger partial charge in [-0.05, 0) is 128 Å². The van der Waals surface area contributed by atoms with E-state index in [1.54, 1.807) is 31.2 Å². The number of para-hydroxylation sites is 6. The van der Waals surface area contributed by atoms with Gasteiger partial charge in [0.25, 0.3) is 39.3 Å². The number of nitrogens with zero attached hydrogens (tertiary/aromatic N) is 8. The molecule has 0 radical (unpaired) electrons. The zero-order chi connectivity index (χ0) is 76.2. The van der Waals surface area contributed by atoms with E-state index in [0.29, 0.717) is 54.9 Å². The number of rotatable bonds is 7. The van der Waals surface area contributed by atoms with Crippen LogP contribution in [0.5, 0.6) is 34.5 Å². The molecule has 0 saturated heterocycles. The molecule has 19 heteroatoms. The van der Waals surface area contributed by atoms with Crippen LogP contribution in [-0.4, -0.2) is 92.7 Å². The highest BCUT2D eigenvalue weighted by Crippen LogP contribution is 2.43. The number of hydrogen-bond donors (Lipinski definition) is 1. The van der Waals surface area contributed by atoms with E-state index < -0.39 is 34.8 Å². The molecule has 12 aromatic carbocycles. The highest BCUT2D eigenvalue weighted by Gasteiger charge is 2.36. The Balaban J connectivity index is 0.000000122. The van der Waals surface area contributed by atoms with Gasteiger partial charge in [-0.1, -0.05) is 140 Å². The largest absolute Gasteiger partial charge is 0.507 e. The van der Waals surface area contributed by atoms with Crippen molar-refractivity contribution in [1.29, 1.82) is 15.8 Å². The van der Waals surface area contributed by atoms with E-state index in [-0.39, 0.29) is 12.5 Å². The standard InChI is InChI=1S/C27H21NO2.3C16H13N2O.C15H9F5NO/c1-19-9-8-14-22-17-28(18-30-27(19)22)23-15-24(20-10-4-2-5-11-20)26(29)25(16-23)21-12-6-3-7-13-21;1-12-4-2-6-14-10-18(11-19-16(12)14)15-7-3-5-13(8-15)9-17;1-12-5-4-7-14-10-18(11-19-16(12)14)15-8-3-2-6-13(15)9-17;1-12-3-2-4-14-10-18(11-19-16(12)14)15-7-5-13(9-17)6-8-15;1-7-3-2-4-8-5-21(6-22-15(7)8)14-12(19)10(17)9(16)11(18)13(14)20/h2-17H,18H2,1H3;3*2-8,10H,11H2,1H3;2-5H,6H2,1H3/q;4*+1/p+1. The van der Waals surface area contributed by atoms with Crippen molar-refractivity contribution in [3.05, 3.63) is 338 Å². The second-order valence-electron chi connectivity index (χ2n) is 25.8. The van der Waals surface area contributed by atoms with Crippen molar-refractivity contribution in [2.24, 2.45) is 0 Å². The second-order valence-corrected chi connectivity index (χ2v) is 25.8. The highest BCUT2D eigenvalue weighted by atomic mass is 19.2. The van der Waals surface area contributed by atoms with Crippen molar-refractivity contribution in [3.8, 4) is 75.0 Å². The number of aryl methyl sites for hydroxylation is 5. The summed E-state index contributed by atoms with van der Waals surface area (Å²) in [7, 11) is 0. The molecule has 536 valence electrons. The molecule has 0 atom stereocenters. The summed E-state index contributed by atoms with van der Waals surface area (Å²) in [5.74, 6) is -5.43. The third kappa shape index (κ3) is 16.1. The van der Waals surface area contributed by atoms with Gasteiger partial charge in [0.2, 0.25) is 51.8 Å². The van der Waals surface area contributed by atoms with Crippen LogP contribution in [0.2, 0.25) is 0 Å². The maximum Gasteiger partial charge on any atom is 0.292 e. The maximum atomic E-state index is 13.8. The normalized spacial score (nSPS) is 13.0. The van der Waals surface area contributed by atoms with Crippen LogP contribution in [0.4, 0.5) is 50.4 Å². The molecule has 0 bridgehead atoms. The first kappa shape index (κ1) is 73.2. The van der Waals surface area contributed by atoms with Gasteiger partial charge in [0.15, 0.2) is 31.1 Å². The number of halogens is 5. The third-order valence-electron chi connectivity index (χ3n) is 18.5. The molecule has 0 amide bonds. The van der Waals surface area contributed by atoms with E-state index in [4.69, 9.17) is 39.5 Å². The van der Waals surface area contributed by atoms with E-state index in [0.717, 1.165) is 123 Å². The monoisotopic (exact) mass is 1450 g/mol. The van der Waals surface area contributed by atoms with Gasteiger partial charge in [0, 0.05) is 53.6 Å². The quantitative estimate of drug-likeness (QED) is 0.0711. The van der Waals surface area contributed by atoms with E-state index >= 15 is 0 Å². The van der Waals surface area contributed by atoms with Gasteiger partial charge < -0.3 is 28.8 Å². The van der Waals surface area contributed by atoms with Crippen molar-refractivity contribution in [2.45, 2.75) is 34.6 Å². The number of benzene rings is 12. The summed E-state index contributed by atoms with van der Waals surface area (Å²) in [6.07, 6.45) is 9.56. The lowest BCUT2D eigenvalue weighted by atomic mass is 9.96. The average Bonchev–Trinajstić information content (AvgIpc) is 0.769. The van der Waals surface area contributed by atoms with Gasteiger partial charge in [0.1, 0.15) is 46.1 Å². The third-order valence-corrected chi connectivity index (χ3v) is 18.5. The zero-order valence-electron chi connectivity index (χ0n) is 59.9. The van der Waals surface area contributed by atoms with E-state index in [2.05, 4.69) is 60.5 Å². The van der Waals surface area contributed by atoms with E-state index in [9.17, 15) is 27.1 Å². The molecule has 1 N–H and O–H groups in total. The van der Waals surface area contributed by atoms with Gasteiger partial charge >= 0.3 is 0 Å². The molecule has 5 aliphatic heterocycles. The fourth-order valence-electron chi connectivity index (χ4n) is 12.9. The Hall–Kier alpha value is -14.1. The summed E-state index contributed by atoms with van der Waals surface area (Å²) in [6, 6.07) is 82.5. The lowest BCUT2D eigenvalue weighted by Crippen LogP contribution is -2.24. The lowest BCUT2D eigenvalue weighted by Gasteiger charge is -2.17. The van der Waals surface area contributed by atoms with Crippen LogP contribution in [-0.2, 0) is 0 Å². The molecule has 0 unspecified atom stereocenters. The minimum atomic E-state index is -2.19. The molecule has 14 nitrogen and oxygen atoms in total. The molecule has 0 saturated carbocycles. The predicted octanol–water partition coefficient (Wildman–Crippen LogP) is 18.9. The lowest BCUT2D eigenvalue weighted by molar-refractivity contribution is -0.480. The SMILES string of the molecule is Cc1cccc2c1OC[N+](c1c(F)c(F)c(F)c(F)c1F)=C2.Cc1cccc2c1OC[N+](c1cc(-c3ccccc3)c(O)c(-c3ccccc3)c1)=C2.Cc1cccc2c1OC[N+](c1ccc(C#N)cc1)=C2.Cc1cccc2c1OC[N+](c1cccc(C#N)c1)=C2.Cc1cccc2c1OC[N+](c1ccccc1C#N)=C2. The maximum absolute atomic E-state index is 13.8. The molecule has 12 aromatic rings. The number of fused-ring (bicyclic) bond motifs is 5.